The lowest BCUT2D eigenvalue weighted by molar-refractivity contribution is -0.142. The van der Waals surface area contributed by atoms with Gasteiger partial charge < -0.3 is 15.0 Å². The van der Waals surface area contributed by atoms with Crippen molar-refractivity contribution in [1.82, 2.24) is 24.6 Å². The molecule has 0 spiro atoms. The number of nitrogens with one attached hydrogen (secondary N) is 1. The maximum atomic E-state index is 13.1. The summed E-state index contributed by atoms with van der Waals surface area (Å²) in [5.74, 6) is -0.932. The molecule has 0 aromatic carbocycles. The van der Waals surface area contributed by atoms with Gasteiger partial charge in [0.1, 0.15) is 11.8 Å². The van der Waals surface area contributed by atoms with Gasteiger partial charge in [-0.25, -0.2) is 9.19 Å². The zero-order chi connectivity index (χ0) is 19.2. The van der Waals surface area contributed by atoms with E-state index in [1.165, 1.54) is 25.0 Å². The molecule has 1 saturated carbocycles. The number of hydrogen-bond acceptors (Lipinski definition) is 6. The minimum Gasteiger partial charge on any atom is -0.383 e. The van der Waals surface area contributed by atoms with Crippen LogP contribution in [0, 0.1) is 5.92 Å². The van der Waals surface area contributed by atoms with Crippen LogP contribution in [-0.4, -0.2) is 64.7 Å². The van der Waals surface area contributed by atoms with Crippen molar-refractivity contribution in [2.75, 3.05) is 12.8 Å². The van der Waals surface area contributed by atoms with Crippen LogP contribution in [0.3, 0.4) is 0 Å². The lowest BCUT2D eigenvalue weighted by Crippen LogP contribution is -2.44. The summed E-state index contributed by atoms with van der Waals surface area (Å²) in [6.07, 6.45) is 6.21. The molecule has 2 atom stereocenters. The van der Waals surface area contributed by atoms with Crippen molar-refractivity contribution in [2.45, 2.75) is 36.9 Å². The molecule has 144 valence electrons. The van der Waals surface area contributed by atoms with E-state index >= 15 is 0 Å². The first-order chi connectivity index (χ1) is 12.9. The average molecular weight is 392 g/mol. The molecule has 0 radical (unpaired) electrons. The molecule has 2 aromatic heterocycles. The van der Waals surface area contributed by atoms with Gasteiger partial charge in [0, 0.05) is 12.8 Å². The number of aliphatic hydroxyl groups excluding tert-OH is 1. The number of aromatic amines is 1. The van der Waals surface area contributed by atoms with Crippen LogP contribution in [0.1, 0.15) is 29.0 Å². The Hall–Kier alpha value is -2.53. The third-order valence-corrected chi connectivity index (χ3v) is 6.53. The third-order valence-electron chi connectivity index (χ3n) is 4.86. The topological polar surface area (TPSA) is 134 Å². The van der Waals surface area contributed by atoms with Crippen molar-refractivity contribution in [3.05, 3.63) is 30.1 Å². The van der Waals surface area contributed by atoms with Gasteiger partial charge in [0.2, 0.25) is 0 Å². The molecule has 1 fully saturated rings. The normalized spacial score (nSPS) is 19.9. The van der Waals surface area contributed by atoms with Gasteiger partial charge in [-0.05, 0) is 18.8 Å². The second-order valence-corrected chi connectivity index (χ2v) is 9.11. The molecular formula is C16H20N6O4S. The van der Waals surface area contributed by atoms with Crippen LogP contribution in [0.5, 0.6) is 0 Å². The van der Waals surface area contributed by atoms with E-state index < -0.39 is 21.7 Å². The Bertz CT molecular complexity index is 1000. The van der Waals surface area contributed by atoms with Crippen LogP contribution in [-0.2, 0) is 27.6 Å². The summed E-state index contributed by atoms with van der Waals surface area (Å²) >= 11 is 0. The molecule has 4 rings (SSSR count). The highest BCUT2D eigenvalue weighted by molar-refractivity contribution is 7.93. The first-order valence-corrected chi connectivity index (χ1v) is 10.6. The van der Waals surface area contributed by atoms with Crippen LogP contribution in [0.2, 0.25) is 0 Å². The summed E-state index contributed by atoms with van der Waals surface area (Å²) in [4.78, 5) is 33.0. The number of aliphatic hydroxyl groups is 1. The summed E-state index contributed by atoms with van der Waals surface area (Å²) in [6.45, 7) is 1.03. The molecule has 1 aliphatic heterocycles. The van der Waals surface area contributed by atoms with Crippen LogP contribution in [0.25, 0.3) is 0 Å². The molecule has 0 saturated heterocycles. The summed E-state index contributed by atoms with van der Waals surface area (Å²) < 4.78 is 18.7. The van der Waals surface area contributed by atoms with Crippen molar-refractivity contribution in [1.29, 1.82) is 0 Å². The zero-order valence-electron chi connectivity index (χ0n) is 14.7. The van der Waals surface area contributed by atoms with Gasteiger partial charge in [0.15, 0.2) is 0 Å². The lowest BCUT2D eigenvalue weighted by Gasteiger charge is -2.30. The zero-order valence-corrected chi connectivity index (χ0v) is 15.6. The van der Waals surface area contributed by atoms with E-state index in [4.69, 9.17) is 0 Å². The van der Waals surface area contributed by atoms with E-state index in [1.54, 1.807) is 9.58 Å². The summed E-state index contributed by atoms with van der Waals surface area (Å²) in [5.41, 5.74) is 0.723. The molecule has 1 aliphatic carbocycles. The van der Waals surface area contributed by atoms with Gasteiger partial charge in [-0.15, -0.1) is 0 Å². The molecule has 2 amide bonds. The van der Waals surface area contributed by atoms with Crippen LogP contribution in [0.4, 0.5) is 0 Å². The van der Waals surface area contributed by atoms with Gasteiger partial charge in [-0.1, -0.05) is 0 Å². The van der Waals surface area contributed by atoms with Crippen molar-refractivity contribution < 1.29 is 18.9 Å². The first-order valence-electron chi connectivity index (χ1n) is 8.63. The number of fused-ring (bicyclic) bond motifs is 1. The molecular weight excluding hydrogens is 372 g/mol. The maximum absolute atomic E-state index is 13.1. The van der Waals surface area contributed by atoms with Crippen LogP contribution >= 0.6 is 0 Å². The van der Waals surface area contributed by atoms with Gasteiger partial charge >= 0.3 is 5.91 Å². The second kappa shape index (κ2) is 6.57. The number of carbonyl (C=O) groups is 2. The number of rotatable bonds is 4. The number of imidazole rings is 1. The van der Waals surface area contributed by atoms with Crippen molar-refractivity contribution in [3.63, 3.8) is 0 Å². The Labute approximate surface area is 155 Å². The molecule has 3 heterocycles. The molecule has 10 nitrogen and oxygen atoms in total. The number of hydrogen-bond donors (Lipinski definition) is 2. The van der Waals surface area contributed by atoms with Crippen molar-refractivity contribution in [3.8, 4) is 0 Å². The van der Waals surface area contributed by atoms with E-state index in [9.17, 15) is 18.9 Å². The summed E-state index contributed by atoms with van der Waals surface area (Å²) in [5, 5.41) is 14.3. The van der Waals surface area contributed by atoms with E-state index in [2.05, 4.69) is 19.4 Å². The monoisotopic (exact) mass is 392 g/mol. The average Bonchev–Trinajstić information content (AvgIpc) is 3.17. The Morgan fingerprint density at radius 3 is 2.81 bits per heavy atom. The highest BCUT2D eigenvalue weighted by atomic mass is 32.2. The standard InChI is InChI=1S/C16H20N6O4S/c1-27(26,20-15(24)11-6-17-9-18-11)13-7-19-22-5-4-21(8-12(13)22)16(25)14(23)10-2-3-10/h6-7,9-10,14,23H,2-5,8H2,1H3,(H,17,18). The van der Waals surface area contributed by atoms with Gasteiger partial charge in [0.25, 0.3) is 5.91 Å². The highest BCUT2D eigenvalue weighted by Crippen LogP contribution is 2.34. The molecule has 2 aromatic rings. The number of carbonyl (C=O) groups excluding carboxylic acids is 2. The fourth-order valence-electron chi connectivity index (χ4n) is 3.16. The molecule has 2 N–H and O–H groups in total. The SMILES string of the molecule is CS(=O)(=NC(=O)c1cnc[nH]1)c1cnn2c1CN(C(=O)C(O)C1CC1)CC2. The Morgan fingerprint density at radius 2 is 2.15 bits per heavy atom. The summed E-state index contributed by atoms with van der Waals surface area (Å²) in [6, 6.07) is 0. The fourth-order valence-corrected chi connectivity index (χ4v) is 4.52. The molecule has 11 heteroatoms. The minimum atomic E-state index is -3.06. The largest absolute Gasteiger partial charge is 0.383 e. The van der Waals surface area contributed by atoms with Crippen molar-refractivity contribution >= 4 is 21.5 Å². The van der Waals surface area contributed by atoms with Crippen molar-refractivity contribution in [2.24, 2.45) is 10.3 Å². The first kappa shape index (κ1) is 17.9. The lowest BCUT2D eigenvalue weighted by atomic mass is 10.2. The third kappa shape index (κ3) is 3.39. The van der Waals surface area contributed by atoms with Gasteiger partial charge in [-0.2, -0.15) is 9.46 Å². The molecule has 27 heavy (non-hydrogen) atoms. The predicted octanol–water partition coefficient (Wildman–Crippen LogP) is 0.0164. The summed E-state index contributed by atoms with van der Waals surface area (Å²) in [7, 11) is -3.06. The fraction of sp³-hybridized carbons (Fsp3) is 0.500. The second-order valence-electron chi connectivity index (χ2n) is 6.88. The van der Waals surface area contributed by atoms with Gasteiger partial charge in [-0.3, -0.25) is 14.3 Å². The Kier molecular flexibility index (Phi) is 4.35. The number of aromatic nitrogens is 4. The number of H-pyrrole nitrogens is 1. The highest BCUT2D eigenvalue weighted by Gasteiger charge is 2.38. The van der Waals surface area contributed by atoms with Gasteiger partial charge in [0.05, 0.1) is 52.1 Å². The number of nitrogens with zero attached hydrogens (tertiary/aromatic N) is 5. The minimum absolute atomic E-state index is 0.0428. The predicted molar refractivity (Wildman–Crippen MR) is 94.1 cm³/mol. The smallest absolute Gasteiger partial charge is 0.303 e. The van der Waals surface area contributed by atoms with Crippen LogP contribution in [0.15, 0.2) is 28.0 Å². The Morgan fingerprint density at radius 1 is 1.37 bits per heavy atom. The van der Waals surface area contributed by atoms with E-state index in [-0.39, 0.29) is 24.1 Å². The number of amides is 2. The quantitative estimate of drug-likeness (QED) is 0.753. The van der Waals surface area contributed by atoms with E-state index in [0.717, 1.165) is 12.8 Å². The van der Waals surface area contributed by atoms with E-state index in [1.807, 2.05) is 0 Å². The van der Waals surface area contributed by atoms with E-state index in [0.29, 0.717) is 23.7 Å². The maximum Gasteiger partial charge on any atom is 0.303 e. The molecule has 2 aliphatic rings. The van der Waals surface area contributed by atoms with Crippen LogP contribution < -0.4 is 0 Å². The Balaban J connectivity index is 1.61. The molecule has 2 unspecified atom stereocenters. The molecule has 0 bridgehead atoms.